The normalized spacial score (nSPS) is 24.8. The molecule has 122 valence electrons. The molecule has 2 aliphatic rings. The quantitative estimate of drug-likeness (QED) is 0.942. The lowest BCUT2D eigenvalue weighted by molar-refractivity contribution is 0.0679. The Morgan fingerprint density at radius 3 is 2.42 bits per heavy atom. The monoisotopic (exact) mass is 321 g/mol. The molecule has 3 atom stereocenters. The molecule has 2 aromatic rings. The van der Waals surface area contributed by atoms with Gasteiger partial charge in [0, 0.05) is 42.1 Å². The standard InChI is InChI=1S/C19H19N3O2/c23-18(13-4-2-1-3-5-13)21-17-11-16-10-15(17)12-22(16)19(24)14-6-8-20-9-7-14/h1-9,15-17H,10-12H2,(H,21,23). The van der Waals surface area contributed by atoms with Crippen LogP contribution in [0.15, 0.2) is 54.9 Å². The van der Waals surface area contributed by atoms with Crippen LogP contribution in [0, 0.1) is 5.92 Å². The Balaban J connectivity index is 1.40. The molecule has 2 heterocycles. The van der Waals surface area contributed by atoms with Crippen LogP contribution in [0.4, 0.5) is 0 Å². The summed E-state index contributed by atoms with van der Waals surface area (Å²) in [5.74, 6) is 0.381. The van der Waals surface area contributed by atoms with Crippen LogP contribution >= 0.6 is 0 Å². The lowest BCUT2D eigenvalue weighted by Crippen LogP contribution is -2.47. The van der Waals surface area contributed by atoms with E-state index in [9.17, 15) is 9.59 Å². The average Bonchev–Trinajstić information content (AvgIpc) is 3.23. The van der Waals surface area contributed by atoms with Gasteiger partial charge in [0.1, 0.15) is 0 Å². The van der Waals surface area contributed by atoms with Gasteiger partial charge in [-0.1, -0.05) is 18.2 Å². The molecule has 2 fully saturated rings. The number of carbonyl (C=O) groups excluding carboxylic acids is 2. The predicted octanol–water partition coefficient (Wildman–Crippen LogP) is 2.11. The first kappa shape index (κ1) is 14.9. The number of amides is 2. The lowest BCUT2D eigenvalue weighted by atomic mass is 10.0. The van der Waals surface area contributed by atoms with Crippen LogP contribution < -0.4 is 5.32 Å². The van der Waals surface area contributed by atoms with Crippen LogP contribution in [-0.4, -0.2) is 40.3 Å². The summed E-state index contributed by atoms with van der Waals surface area (Å²) in [6, 6.07) is 13.2. The van der Waals surface area contributed by atoms with E-state index < -0.39 is 0 Å². The highest BCUT2D eigenvalue weighted by atomic mass is 16.2. The second-order valence-electron chi connectivity index (χ2n) is 6.52. The molecule has 1 saturated carbocycles. The predicted molar refractivity (Wildman–Crippen MR) is 89.5 cm³/mol. The number of nitrogens with one attached hydrogen (secondary N) is 1. The minimum atomic E-state index is -0.0276. The zero-order valence-electron chi connectivity index (χ0n) is 13.3. The van der Waals surface area contributed by atoms with Crippen molar-refractivity contribution in [3.63, 3.8) is 0 Å². The Morgan fingerprint density at radius 1 is 1.00 bits per heavy atom. The highest BCUT2D eigenvalue weighted by Gasteiger charge is 2.47. The molecule has 0 radical (unpaired) electrons. The van der Waals surface area contributed by atoms with Crippen molar-refractivity contribution in [2.24, 2.45) is 5.92 Å². The zero-order chi connectivity index (χ0) is 16.5. The van der Waals surface area contributed by atoms with Crippen molar-refractivity contribution in [3.05, 3.63) is 66.0 Å². The number of hydrogen-bond acceptors (Lipinski definition) is 3. The van der Waals surface area contributed by atoms with E-state index in [4.69, 9.17) is 0 Å². The highest BCUT2D eigenvalue weighted by molar-refractivity contribution is 5.95. The minimum absolute atomic E-state index is 0.0276. The van der Waals surface area contributed by atoms with Crippen molar-refractivity contribution < 1.29 is 9.59 Å². The molecule has 24 heavy (non-hydrogen) atoms. The van der Waals surface area contributed by atoms with Gasteiger partial charge in [-0.05, 0) is 43.0 Å². The van der Waals surface area contributed by atoms with E-state index in [1.807, 2.05) is 35.2 Å². The van der Waals surface area contributed by atoms with Crippen molar-refractivity contribution in [1.29, 1.82) is 0 Å². The van der Waals surface area contributed by atoms with E-state index in [0.717, 1.165) is 12.8 Å². The molecule has 1 aliphatic carbocycles. The number of carbonyl (C=O) groups is 2. The van der Waals surface area contributed by atoms with Crippen LogP contribution in [0.1, 0.15) is 33.6 Å². The van der Waals surface area contributed by atoms with Crippen LogP contribution in [0.2, 0.25) is 0 Å². The number of pyridine rings is 1. The van der Waals surface area contributed by atoms with Gasteiger partial charge >= 0.3 is 0 Å². The molecule has 0 spiro atoms. The molecule has 5 heteroatoms. The summed E-state index contributed by atoms with van der Waals surface area (Å²) >= 11 is 0. The van der Waals surface area contributed by atoms with Gasteiger partial charge < -0.3 is 10.2 Å². The van der Waals surface area contributed by atoms with Crippen LogP contribution in [0.25, 0.3) is 0 Å². The molecular formula is C19H19N3O2. The smallest absolute Gasteiger partial charge is 0.254 e. The van der Waals surface area contributed by atoms with Gasteiger partial charge in [0.25, 0.3) is 11.8 Å². The van der Waals surface area contributed by atoms with Gasteiger partial charge in [-0.25, -0.2) is 0 Å². The van der Waals surface area contributed by atoms with Gasteiger partial charge in [-0.15, -0.1) is 0 Å². The van der Waals surface area contributed by atoms with Crippen LogP contribution in [0.3, 0.4) is 0 Å². The Morgan fingerprint density at radius 2 is 1.75 bits per heavy atom. The van der Waals surface area contributed by atoms with E-state index in [2.05, 4.69) is 10.3 Å². The molecule has 1 aromatic heterocycles. The number of hydrogen-bond donors (Lipinski definition) is 1. The summed E-state index contributed by atoms with van der Waals surface area (Å²) in [5, 5.41) is 3.14. The molecule has 4 rings (SSSR count). The van der Waals surface area contributed by atoms with E-state index in [0.29, 0.717) is 23.6 Å². The second kappa shape index (κ2) is 6.07. The fraction of sp³-hybridized carbons (Fsp3) is 0.316. The fourth-order valence-electron chi connectivity index (χ4n) is 3.88. The first-order valence-corrected chi connectivity index (χ1v) is 8.29. The maximum Gasteiger partial charge on any atom is 0.254 e. The van der Waals surface area contributed by atoms with Gasteiger partial charge in [0.2, 0.25) is 0 Å². The number of rotatable bonds is 3. The van der Waals surface area contributed by atoms with Gasteiger partial charge in [-0.2, -0.15) is 0 Å². The van der Waals surface area contributed by atoms with E-state index in [1.54, 1.807) is 24.5 Å². The summed E-state index contributed by atoms with van der Waals surface area (Å²) in [7, 11) is 0. The maximum absolute atomic E-state index is 12.6. The van der Waals surface area contributed by atoms with E-state index >= 15 is 0 Å². The van der Waals surface area contributed by atoms with Crippen molar-refractivity contribution in [2.45, 2.75) is 24.9 Å². The SMILES string of the molecule is O=C(NC1CC2CC1CN2C(=O)c1ccncc1)c1ccccc1. The third-order valence-corrected chi connectivity index (χ3v) is 5.08. The lowest BCUT2D eigenvalue weighted by Gasteiger charge is -2.32. The molecule has 1 saturated heterocycles. The highest BCUT2D eigenvalue weighted by Crippen LogP contribution is 2.38. The topological polar surface area (TPSA) is 62.3 Å². The molecule has 1 aliphatic heterocycles. The van der Waals surface area contributed by atoms with Gasteiger partial charge in [-0.3, -0.25) is 14.6 Å². The Kier molecular flexibility index (Phi) is 3.76. The summed E-state index contributed by atoms with van der Waals surface area (Å²) in [6.45, 7) is 0.714. The van der Waals surface area contributed by atoms with Gasteiger partial charge in [0.15, 0.2) is 0 Å². The summed E-state index contributed by atoms with van der Waals surface area (Å²) < 4.78 is 0. The van der Waals surface area contributed by atoms with E-state index in [1.165, 1.54) is 0 Å². The van der Waals surface area contributed by atoms with Crippen LogP contribution in [0.5, 0.6) is 0 Å². The Bertz CT molecular complexity index is 748. The first-order valence-electron chi connectivity index (χ1n) is 8.29. The van der Waals surface area contributed by atoms with Crippen molar-refractivity contribution in [3.8, 4) is 0 Å². The summed E-state index contributed by atoms with van der Waals surface area (Å²) in [5.41, 5.74) is 1.37. The number of aromatic nitrogens is 1. The van der Waals surface area contributed by atoms with E-state index in [-0.39, 0.29) is 23.9 Å². The molecular weight excluding hydrogens is 302 g/mol. The average molecular weight is 321 g/mol. The molecule has 5 nitrogen and oxygen atoms in total. The maximum atomic E-state index is 12.6. The number of piperidine rings is 1. The van der Waals surface area contributed by atoms with Gasteiger partial charge in [0.05, 0.1) is 0 Å². The molecule has 1 aromatic carbocycles. The zero-order valence-corrected chi connectivity index (χ0v) is 13.3. The second-order valence-corrected chi connectivity index (χ2v) is 6.52. The fourth-order valence-corrected chi connectivity index (χ4v) is 3.88. The minimum Gasteiger partial charge on any atom is -0.349 e. The van der Waals surface area contributed by atoms with Crippen molar-refractivity contribution >= 4 is 11.8 Å². The number of benzene rings is 1. The Labute approximate surface area is 140 Å². The molecule has 1 N–H and O–H groups in total. The van der Waals surface area contributed by atoms with Crippen molar-refractivity contribution in [1.82, 2.24) is 15.2 Å². The third-order valence-electron chi connectivity index (χ3n) is 5.08. The Hall–Kier alpha value is -2.69. The number of nitrogens with zero attached hydrogens (tertiary/aromatic N) is 2. The third kappa shape index (κ3) is 2.66. The number of fused-ring (bicyclic) bond motifs is 2. The van der Waals surface area contributed by atoms with Crippen molar-refractivity contribution in [2.75, 3.05) is 6.54 Å². The molecule has 2 bridgehead atoms. The molecule has 2 amide bonds. The number of likely N-dealkylation sites (tertiary alicyclic amines) is 1. The summed E-state index contributed by atoms with van der Waals surface area (Å²) in [4.78, 5) is 30.8. The largest absolute Gasteiger partial charge is 0.349 e. The first-order chi connectivity index (χ1) is 11.7. The summed E-state index contributed by atoms with van der Waals surface area (Å²) in [6.07, 6.45) is 5.09. The molecule has 3 unspecified atom stereocenters. The van der Waals surface area contributed by atoms with Crippen LogP contribution in [-0.2, 0) is 0 Å².